The van der Waals surface area contributed by atoms with E-state index in [9.17, 15) is 9.90 Å². The molecule has 13 heteroatoms. The lowest BCUT2D eigenvalue weighted by Crippen LogP contribution is -2.38. The second kappa shape index (κ2) is 8.74. The summed E-state index contributed by atoms with van der Waals surface area (Å²) in [5.41, 5.74) is 1.06. The summed E-state index contributed by atoms with van der Waals surface area (Å²) in [6.07, 6.45) is 4.49. The number of aliphatic hydroxyl groups excluding tert-OH is 1. The first-order chi connectivity index (χ1) is 15.2. The lowest BCUT2D eigenvalue weighted by Gasteiger charge is -2.24. The van der Waals surface area contributed by atoms with Crippen LogP contribution in [0.4, 0.5) is 17.3 Å². The van der Waals surface area contributed by atoms with Gasteiger partial charge in [-0.1, -0.05) is 0 Å². The number of carbonyl (C=O) groups excluding carboxylic acids is 1. The lowest BCUT2D eigenvalue weighted by atomic mass is 9.52. The van der Waals surface area contributed by atoms with Gasteiger partial charge in [0.1, 0.15) is 46.4 Å². The van der Waals surface area contributed by atoms with Crippen molar-refractivity contribution in [2.45, 2.75) is 36.7 Å². The van der Waals surface area contributed by atoms with E-state index in [1.54, 1.807) is 25.2 Å². The van der Waals surface area contributed by atoms with Crippen LogP contribution >= 0.6 is 0 Å². The Bertz CT molecular complexity index is 1140. The summed E-state index contributed by atoms with van der Waals surface area (Å²) >= 11 is 0. The Labute approximate surface area is 188 Å². The van der Waals surface area contributed by atoms with Gasteiger partial charge in [0, 0.05) is 25.4 Å². The van der Waals surface area contributed by atoms with E-state index in [4.69, 9.17) is 28.3 Å². The minimum absolute atomic E-state index is 0.0824. The van der Waals surface area contributed by atoms with E-state index in [2.05, 4.69) is 31.0 Å². The second-order valence-corrected chi connectivity index (χ2v) is 7.64. The highest BCUT2D eigenvalue weighted by atomic mass is 16.5. The van der Waals surface area contributed by atoms with Crippen LogP contribution in [-0.4, -0.2) is 78.6 Å². The van der Waals surface area contributed by atoms with Crippen molar-refractivity contribution in [2.75, 3.05) is 17.7 Å². The average Bonchev–Trinajstić information content (AvgIpc) is 3.33. The summed E-state index contributed by atoms with van der Waals surface area (Å²) in [5, 5.41) is 21.1. The minimum atomic E-state index is -1.91. The molecule has 2 atom stereocenters. The standard InChI is InChI=1S/C19H20B3N7O3/c1-23-15-8-14(27-13-3-2-6-24-18(13)32-19(20,21)22)28-16-12(9-25-29(15)16)17(31)26-10-4-5-11(30)7-10/h2-3,6,8-11,23,30H,4-5,7H2,1H3,(H,26,31)(H,27,28)/t10-,11-/m0/s1. The first-order valence-electron chi connectivity index (χ1n) is 10.1. The number of carbonyl (C=O) groups is 1. The van der Waals surface area contributed by atoms with Gasteiger partial charge in [0.15, 0.2) is 5.65 Å². The summed E-state index contributed by atoms with van der Waals surface area (Å²) in [7, 11) is 18.3. The van der Waals surface area contributed by atoms with Gasteiger partial charge in [-0.15, -0.1) is 0 Å². The first kappa shape index (κ1) is 22.0. The SMILES string of the molecule is [B]C([B])([B])Oc1ncccc1Nc1cc(NC)n2ncc(C(=O)N[C@H]3CC[C@H](O)C3)c2n1. The van der Waals surface area contributed by atoms with Gasteiger partial charge in [0.2, 0.25) is 5.88 Å². The Balaban J connectivity index is 1.65. The molecule has 3 aromatic rings. The number of anilines is 3. The zero-order chi connectivity index (χ0) is 22.9. The van der Waals surface area contributed by atoms with Gasteiger partial charge >= 0.3 is 0 Å². The summed E-state index contributed by atoms with van der Waals surface area (Å²) < 4.78 is 6.82. The summed E-state index contributed by atoms with van der Waals surface area (Å²) in [5.74, 6) is 0.751. The molecule has 0 aromatic carbocycles. The smallest absolute Gasteiger partial charge is 0.256 e. The van der Waals surface area contributed by atoms with Gasteiger partial charge in [-0.05, 0) is 36.7 Å². The lowest BCUT2D eigenvalue weighted by molar-refractivity contribution is 0.0935. The van der Waals surface area contributed by atoms with Crippen molar-refractivity contribution in [1.29, 1.82) is 0 Å². The molecule has 1 aliphatic rings. The van der Waals surface area contributed by atoms with Crippen molar-refractivity contribution in [1.82, 2.24) is 24.9 Å². The van der Waals surface area contributed by atoms with Crippen LogP contribution in [-0.2, 0) is 0 Å². The summed E-state index contributed by atoms with van der Waals surface area (Å²) in [6.45, 7) is 0. The molecule has 0 aliphatic heterocycles. The molecule has 0 unspecified atom stereocenters. The van der Waals surface area contributed by atoms with Crippen LogP contribution in [0, 0.1) is 0 Å². The number of aromatic nitrogens is 4. The third-order valence-corrected chi connectivity index (χ3v) is 5.02. The van der Waals surface area contributed by atoms with Crippen molar-refractivity contribution < 1.29 is 14.6 Å². The third-order valence-electron chi connectivity index (χ3n) is 5.02. The van der Waals surface area contributed by atoms with E-state index in [1.807, 2.05) is 0 Å². The van der Waals surface area contributed by atoms with Crippen LogP contribution in [0.15, 0.2) is 30.6 Å². The van der Waals surface area contributed by atoms with Gasteiger partial charge in [0.25, 0.3) is 5.91 Å². The molecule has 32 heavy (non-hydrogen) atoms. The highest BCUT2D eigenvalue weighted by molar-refractivity contribution is 6.58. The second-order valence-electron chi connectivity index (χ2n) is 7.64. The van der Waals surface area contributed by atoms with Gasteiger partial charge in [-0.2, -0.15) is 9.61 Å². The molecule has 1 aliphatic carbocycles. The molecular formula is C19H20B3N7O3. The van der Waals surface area contributed by atoms with E-state index in [0.717, 1.165) is 6.42 Å². The Hall–Kier alpha value is -3.21. The maximum absolute atomic E-state index is 12.9. The molecule has 6 radical (unpaired) electrons. The molecule has 0 spiro atoms. The highest BCUT2D eigenvalue weighted by Crippen LogP contribution is 2.28. The van der Waals surface area contributed by atoms with Gasteiger partial charge < -0.3 is 25.8 Å². The fourth-order valence-corrected chi connectivity index (χ4v) is 3.59. The van der Waals surface area contributed by atoms with E-state index < -0.39 is 5.30 Å². The monoisotopic (exact) mass is 427 g/mol. The first-order valence-corrected chi connectivity index (χ1v) is 10.1. The predicted octanol–water partition coefficient (Wildman–Crippen LogP) is 0.0484. The fraction of sp³-hybridized carbons (Fsp3) is 0.368. The van der Waals surface area contributed by atoms with Gasteiger partial charge in [-0.3, -0.25) is 4.79 Å². The largest absolute Gasteiger partial charge is 0.499 e. The molecular weight excluding hydrogens is 407 g/mol. The van der Waals surface area contributed by atoms with E-state index in [0.29, 0.717) is 41.4 Å². The molecule has 4 rings (SSSR count). The molecule has 0 saturated heterocycles. The number of fused-ring (bicyclic) bond motifs is 1. The molecule has 10 nitrogen and oxygen atoms in total. The van der Waals surface area contributed by atoms with Gasteiger partial charge in [0.05, 0.1) is 12.3 Å². The molecule has 1 amide bonds. The molecule has 3 heterocycles. The minimum Gasteiger partial charge on any atom is -0.499 e. The average molecular weight is 427 g/mol. The number of hydrogen-bond donors (Lipinski definition) is 4. The maximum Gasteiger partial charge on any atom is 0.256 e. The van der Waals surface area contributed by atoms with Crippen LogP contribution in [0.25, 0.3) is 5.65 Å². The topological polar surface area (TPSA) is 126 Å². The summed E-state index contributed by atoms with van der Waals surface area (Å²) in [6, 6.07) is 4.99. The van der Waals surface area contributed by atoms with Gasteiger partial charge in [-0.25, -0.2) is 9.97 Å². The molecule has 158 valence electrons. The maximum atomic E-state index is 12.9. The van der Waals surface area contributed by atoms with Crippen molar-refractivity contribution in [3.8, 4) is 5.88 Å². The number of nitrogens with zero attached hydrogens (tertiary/aromatic N) is 4. The Morgan fingerprint density at radius 2 is 2.16 bits per heavy atom. The quantitative estimate of drug-likeness (QED) is 0.390. The number of rotatable bonds is 7. The highest BCUT2D eigenvalue weighted by Gasteiger charge is 2.26. The van der Waals surface area contributed by atoms with Crippen LogP contribution < -0.4 is 20.7 Å². The predicted molar refractivity (Wildman–Crippen MR) is 122 cm³/mol. The van der Waals surface area contributed by atoms with Crippen molar-refractivity contribution in [2.24, 2.45) is 0 Å². The van der Waals surface area contributed by atoms with Crippen LogP contribution in [0.2, 0.25) is 0 Å². The van der Waals surface area contributed by atoms with Crippen molar-refractivity contribution in [3.63, 3.8) is 0 Å². The van der Waals surface area contributed by atoms with E-state index in [1.165, 1.54) is 16.9 Å². The van der Waals surface area contributed by atoms with Crippen LogP contribution in [0.3, 0.4) is 0 Å². The number of hydrogen-bond acceptors (Lipinski definition) is 8. The normalized spacial score (nSPS) is 18.4. The zero-order valence-electron chi connectivity index (χ0n) is 17.4. The number of nitrogens with one attached hydrogen (secondary N) is 3. The van der Waals surface area contributed by atoms with E-state index >= 15 is 0 Å². The van der Waals surface area contributed by atoms with Crippen LogP contribution in [0.5, 0.6) is 5.88 Å². The summed E-state index contributed by atoms with van der Waals surface area (Å²) in [4.78, 5) is 21.5. The number of amides is 1. The molecule has 3 aromatic heterocycles. The molecule has 4 N–H and O–H groups in total. The van der Waals surface area contributed by atoms with E-state index in [-0.39, 0.29) is 23.9 Å². The molecule has 1 saturated carbocycles. The van der Waals surface area contributed by atoms with Crippen molar-refractivity contribution in [3.05, 3.63) is 36.2 Å². The Kier molecular flexibility index (Phi) is 6.01. The van der Waals surface area contributed by atoms with Crippen molar-refractivity contribution >= 4 is 52.4 Å². The number of pyridine rings is 1. The number of ether oxygens (including phenoxy) is 1. The Morgan fingerprint density at radius 3 is 2.84 bits per heavy atom. The third kappa shape index (κ3) is 4.82. The zero-order valence-corrected chi connectivity index (χ0v) is 17.4. The Morgan fingerprint density at radius 1 is 1.34 bits per heavy atom. The van der Waals surface area contributed by atoms with Crippen LogP contribution in [0.1, 0.15) is 29.6 Å². The molecule has 0 bridgehead atoms. The fourth-order valence-electron chi connectivity index (χ4n) is 3.59. The molecule has 1 fully saturated rings. The number of aliphatic hydroxyl groups is 1.